The molecule has 26 heavy (non-hydrogen) atoms. The molecular formula is C16H18N4O6. The fourth-order valence-electron chi connectivity index (χ4n) is 2.17. The largest absolute Gasteiger partial charge is 0.449 e. The number of ether oxygens (including phenoxy) is 1. The minimum absolute atomic E-state index is 0.0285. The lowest BCUT2D eigenvalue weighted by molar-refractivity contribution is -0.384. The fraction of sp³-hybridized carbons (Fsp3) is 0.312. The van der Waals surface area contributed by atoms with Crippen LogP contribution < -0.4 is 10.6 Å². The van der Waals surface area contributed by atoms with Crippen LogP contribution in [-0.4, -0.2) is 35.1 Å². The Kier molecular flexibility index (Phi) is 5.89. The van der Waals surface area contributed by atoms with Crippen LogP contribution in [0.25, 0.3) is 0 Å². The highest BCUT2D eigenvalue weighted by Gasteiger charge is 2.24. The molecule has 1 aromatic carbocycles. The number of aromatic nitrogens is 1. The number of nitrogens with one attached hydrogen (secondary N) is 2. The molecule has 1 unspecified atom stereocenters. The van der Waals surface area contributed by atoms with E-state index in [2.05, 4.69) is 15.8 Å². The van der Waals surface area contributed by atoms with Crippen molar-refractivity contribution in [1.29, 1.82) is 0 Å². The van der Waals surface area contributed by atoms with Crippen molar-refractivity contribution >= 4 is 29.1 Å². The standard InChI is InChI=1S/C16H18N4O6/c1-4-13(15(21)18-14-7-9(2)26-19-14)25-16(22)10-5-6-11(17-3)12(8-10)20(23)24/h5-8,13,17H,4H2,1-3H3,(H,18,19,21). The molecule has 1 atom stereocenters. The van der Waals surface area contributed by atoms with Gasteiger partial charge in [0.2, 0.25) is 0 Å². The van der Waals surface area contributed by atoms with E-state index in [4.69, 9.17) is 9.26 Å². The third kappa shape index (κ3) is 4.35. The number of nitro groups is 1. The number of benzene rings is 1. The van der Waals surface area contributed by atoms with Crippen molar-refractivity contribution < 1.29 is 23.8 Å². The first-order valence-corrected chi connectivity index (χ1v) is 7.77. The Morgan fingerprint density at radius 3 is 2.65 bits per heavy atom. The molecule has 10 nitrogen and oxygen atoms in total. The minimum Gasteiger partial charge on any atom is -0.449 e. The van der Waals surface area contributed by atoms with Gasteiger partial charge in [-0.15, -0.1) is 0 Å². The molecule has 2 rings (SSSR count). The molecule has 10 heteroatoms. The van der Waals surface area contributed by atoms with Gasteiger partial charge in [0.25, 0.3) is 11.6 Å². The monoisotopic (exact) mass is 362 g/mol. The Hall–Kier alpha value is -3.43. The van der Waals surface area contributed by atoms with Crippen molar-refractivity contribution in [1.82, 2.24) is 5.16 Å². The van der Waals surface area contributed by atoms with Crippen LogP contribution in [0.3, 0.4) is 0 Å². The molecule has 0 aliphatic heterocycles. The first kappa shape index (κ1) is 18.9. The van der Waals surface area contributed by atoms with Gasteiger partial charge in [0.05, 0.1) is 10.5 Å². The lowest BCUT2D eigenvalue weighted by atomic mass is 10.1. The van der Waals surface area contributed by atoms with E-state index in [0.717, 1.165) is 6.07 Å². The highest BCUT2D eigenvalue weighted by atomic mass is 16.6. The van der Waals surface area contributed by atoms with Gasteiger partial charge in [-0.05, 0) is 25.5 Å². The zero-order valence-corrected chi connectivity index (χ0v) is 14.4. The van der Waals surface area contributed by atoms with Crippen molar-refractivity contribution in [3.05, 3.63) is 45.7 Å². The molecule has 0 fully saturated rings. The molecule has 0 spiro atoms. The van der Waals surface area contributed by atoms with Gasteiger partial charge in [0.15, 0.2) is 11.9 Å². The van der Waals surface area contributed by atoms with E-state index in [1.54, 1.807) is 13.8 Å². The molecular weight excluding hydrogens is 344 g/mol. The quantitative estimate of drug-likeness (QED) is 0.435. The Morgan fingerprint density at radius 1 is 1.38 bits per heavy atom. The summed E-state index contributed by atoms with van der Waals surface area (Å²) in [4.78, 5) is 34.9. The molecule has 0 aliphatic rings. The van der Waals surface area contributed by atoms with Crippen LogP contribution in [0, 0.1) is 17.0 Å². The molecule has 0 radical (unpaired) electrons. The molecule has 0 saturated heterocycles. The minimum atomic E-state index is -1.08. The summed E-state index contributed by atoms with van der Waals surface area (Å²) in [5.74, 6) is -0.692. The van der Waals surface area contributed by atoms with Crippen LogP contribution in [0.5, 0.6) is 0 Å². The highest BCUT2D eigenvalue weighted by molar-refractivity contribution is 5.97. The van der Waals surface area contributed by atoms with Gasteiger partial charge in [-0.2, -0.15) is 0 Å². The van der Waals surface area contributed by atoms with Crippen LogP contribution in [0.1, 0.15) is 29.5 Å². The molecule has 1 aromatic heterocycles. The summed E-state index contributed by atoms with van der Waals surface area (Å²) in [6, 6.07) is 5.40. The van der Waals surface area contributed by atoms with Crippen molar-refractivity contribution in [2.45, 2.75) is 26.4 Å². The van der Waals surface area contributed by atoms with Gasteiger partial charge >= 0.3 is 5.97 Å². The van der Waals surface area contributed by atoms with Gasteiger partial charge in [0, 0.05) is 19.2 Å². The number of hydrogen-bond donors (Lipinski definition) is 2. The normalized spacial score (nSPS) is 11.5. The first-order chi connectivity index (χ1) is 12.3. The van der Waals surface area contributed by atoms with Gasteiger partial charge < -0.3 is 19.9 Å². The SMILES string of the molecule is CCC(OC(=O)c1ccc(NC)c([N+](=O)[O-])c1)C(=O)Nc1cc(C)on1. The number of anilines is 2. The molecule has 138 valence electrons. The van der Waals surface area contributed by atoms with Crippen molar-refractivity contribution in [3.8, 4) is 0 Å². The number of hydrogen-bond acceptors (Lipinski definition) is 8. The van der Waals surface area contributed by atoms with Gasteiger partial charge in [0.1, 0.15) is 11.4 Å². The number of aryl methyl sites for hydroxylation is 1. The molecule has 2 aromatic rings. The molecule has 0 aliphatic carbocycles. The van der Waals surface area contributed by atoms with Crippen molar-refractivity contribution in [3.63, 3.8) is 0 Å². The summed E-state index contributed by atoms with van der Waals surface area (Å²) >= 11 is 0. The second-order valence-corrected chi connectivity index (χ2v) is 5.35. The van der Waals surface area contributed by atoms with Crippen LogP contribution in [0.15, 0.2) is 28.8 Å². The number of rotatable bonds is 7. The summed E-state index contributed by atoms with van der Waals surface area (Å²) < 4.78 is 10.0. The molecule has 0 saturated carbocycles. The summed E-state index contributed by atoms with van der Waals surface area (Å²) in [5, 5.41) is 19.9. The maximum atomic E-state index is 12.3. The topological polar surface area (TPSA) is 137 Å². The summed E-state index contributed by atoms with van der Waals surface area (Å²) in [5.41, 5.74) is -0.0329. The Morgan fingerprint density at radius 2 is 2.12 bits per heavy atom. The first-order valence-electron chi connectivity index (χ1n) is 7.77. The Bertz CT molecular complexity index is 832. The number of amides is 1. The predicted molar refractivity (Wildman–Crippen MR) is 92.0 cm³/mol. The number of carbonyl (C=O) groups excluding carboxylic acids is 2. The Balaban J connectivity index is 2.12. The van der Waals surface area contributed by atoms with Gasteiger partial charge in [-0.1, -0.05) is 12.1 Å². The summed E-state index contributed by atoms with van der Waals surface area (Å²) in [6.45, 7) is 3.33. The molecule has 0 bridgehead atoms. The number of esters is 1. The zero-order valence-electron chi connectivity index (χ0n) is 14.4. The van der Waals surface area contributed by atoms with E-state index in [0.29, 0.717) is 5.76 Å². The van der Waals surface area contributed by atoms with Gasteiger partial charge in [-0.3, -0.25) is 14.9 Å². The molecule has 1 amide bonds. The number of nitrogens with zero attached hydrogens (tertiary/aromatic N) is 2. The number of carbonyl (C=O) groups is 2. The number of nitro benzene ring substituents is 1. The maximum Gasteiger partial charge on any atom is 0.339 e. The third-order valence-corrected chi connectivity index (χ3v) is 3.49. The molecule has 2 N–H and O–H groups in total. The van der Waals surface area contributed by atoms with Crippen molar-refractivity contribution in [2.75, 3.05) is 17.7 Å². The van der Waals surface area contributed by atoms with E-state index in [-0.39, 0.29) is 29.2 Å². The zero-order chi connectivity index (χ0) is 19.3. The molecule has 1 heterocycles. The Labute approximate surface area is 148 Å². The van der Waals surface area contributed by atoms with E-state index in [1.807, 2.05) is 0 Å². The lowest BCUT2D eigenvalue weighted by Crippen LogP contribution is -2.32. The second kappa shape index (κ2) is 8.10. The smallest absolute Gasteiger partial charge is 0.339 e. The average Bonchev–Trinajstić information content (AvgIpc) is 3.03. The second-order valence-electron chi connectivity index (χ2n) is 5.35. The fourth-order valence-corrected chi connectivity index (χ4v) is 2.17. The van der Waals surface area contributed by atoms with Crippen molar-refractivity contribution in [2.24, 2.45) is 0 Å². The van der Waals surface area contributed by atoms with E-state index < -0.39 is 22.9 Å². The van der Waals surface area contributed by atoms with E-state index >= 15 is 0 Å². The highest BCUT2D eigenvalue weighted by Crippen LogP contribution is 2.25. The van der Waals surface area contributed by atoms with E-state index in [9.17, 15) is 19.7 Å². The van der Waals surface area contributed by atoms with Crippen LogP contribution in [0.2, 0.25) is 0 Å². The lowest BCUT2D eigenvalue weighted by Gasteiger charge is -2.15. The van der Waals surface area contributed by atoms with Gasteiger partial charge in [-0.25, -0.2) is 4.79 Å². The van der Waals surface area contributed by atoms with Crippen LogP contribution in [0.4, 0.5) is 17.2 Å². The summed E-state index contributed by atoms with van der Waals surface area (Å²) in [6.07, 6.45) is -0.868. The summed E-state index contributed by atoms with van der Waals surface area (Å²) in [7, 11) is 1.53. The van der Waals surface area contributed by atoms with Crippen LogP contribution >= 0.6 is 0 Å². The van der Waals surface area contributed by atoms with Crippen LogP contribution in [-0.2, 0) is 9.53 Å². The third-order valence-electron chi connectivity index (χ3n) is 3.49. The average molecular weight is 362 g/mol. The van der Waals surface area contributed by atoms with E-state index in [1.165, 1.54) is 25.2 Å². The predicted octanol–water partition coefficient (Wildman–Crippen LogP) is 2.51. The maximum absolute atomic E-state index is 12.3.